The molecule has 2 fully saturated rings. The summed E-state index contributed by atoms with van der Waals surface area (Å²) in [4.78, 5) is 38.7. The minimum atomic E-state index is -1.13. The van der Waals surface area contributed by atoms with Gasteiger partial charge < -0.3 is 20.4 Å². The molecule has 2 aliphatic rings. The average Bonchev–Trinajstić information content (AvgIpc) is 3.26. The van der Waals surface area contributed by atoms with Crippen LogP contribution < -0.4 is 11.1 Å². The van der Waals surface area contributed by atoms with Gasteiger partial charge in [-0.25, -0.2) is 19.7 Å². The first kappa shape index (κ1) is 26.4. The van der Waals surface area contributed by atoms with Gasteiger partial charge in [-0.05, 0) is 57.3 Å². The minimum Gasteiger partial charge on any atom is -0.388 e. The number of hydrogen-bond acceptors (Lipinski definition) is 8. The molecule has 0 radical (unpaired) electrons. The van der Waals surface area contributed by atoms with Crippen molar-refractivity contribution < 1.29 is 14.3 Å². The molecule has 39 heavy (non-hydrogen) atoms. The van der Waals surface area contributed by atoms with E-state index >= 15 is 0 Å². The number of nitrogens with two attached hydrogens (primary N) is 1. The third kappa shape index (κ3) is 5.62. The van der Waals surface area contributed by atoms with Gasteiger partial charge in [0.15, 0.2) is 17.3 Å². The van der Waals surface area contributed by atoms with Crippen molar-refractivity contribution in [2.24, 2.45) is 23.5 Å². The van der Waals surface area contributed by atoms with Crippen LogP contribution in [-0.2, 0) is 11.3 Å². The van der Waals surface area contributed by atoms with Gasteiger partial charge in [0.25, 0.3) is 5.90 Å². The molecular weight excluding hydrogens is 494 g/mol. The Kier molecular flexibility index (Phi) is 7.59. The molecule has 2 aromatic heterocycles. The first-order chi connectivity index (χ1) is 18.8. The van der Waals surface area contributed by atoms with E-state index in [4.69, 9.17) is 22.3 Å². The molecule has 1 aromatic carbocycles. The van der Waals surface area contributed by atoms with Gasteiger partial charge in [0.05, 0.1) is 0 Å². The number of hydrogen-bond donors (Lipinski definition) is 3. The van der Waals surface area contributed by atoms with Crippen LogP contribution in [0.2, 0.25) is 0 Å². The predicted octanol–water partition coefficient (Wildman–Crippen LogP) is 4.52. The molecule has 2 saturated carbocycles. The first-order valence-electron chi connectivity index (χ1n) is 13.5. The molecule has 0 saturated heterocycles. The van der Waals surface area contributed by atoms with Gasteiger partial charge >= 0.3 is 6.09 Å². The second-order valence-electron chi connectivity index (χ2n) is 10.6. The number of aromatic nitrogens is 4. The van der Waals surface area contributed by atoms with E-state index in [9.17, 15) is 9.59 Å². The summed E-state index contributed by atoms with van der Waals surface area (Å²) in [5.74, 6) is 3.71. The molecule has 4 N–H and O–H groups in total. The monoisotopic (exact) mass is 527 g/mol. The zero-order valence-corrected chi connectivity index (χ0v) is 22.0. The molecule has 2 heterocycles. The Hall–Kier alpha value is -4.26. The maximum Gasteiger partial charge on any atom is 0.411 e. The number of amides is 1. The number of anilines is 1. The SMILES string of the molecule is C#C[C@H]1CC[C@H](Cn2c(C(=O)c3ccccc3)nc3nc(C(=N)OC(N)=O)nc(N[C@H](C)C4CCC4)c32)CC1. The third-order valence-corrected chi connectivity index (χ3v) is 7.99. The Labute approximate surface area is 227 Å². The maximum absolute atomic E-state index is 13.7. The number of nitrogens with zero attached hydrogens (tertiary/aromatic N) is 4. The molecule has 0 unspecified atom stereocenters. The zero-order chi connectivity index (χ0) is 27.5. The second kappa shape index (κ2) is 11.2. The van der Waals surface area contributed by atoms with E-state index < -0.39 is 12.0 Å². The van der Waals surface area contributed by atoms with Crippen LogP contribution in [-0.4, -0.2) is 43.3 Å². The van der Waals surface area contributed by atoms with Crippen molar-refractivity contribution in [1.29, 1.82) is 5.41 Å². The van der Waals surface area contributed by atoms with Crippen LogP contribution in [0.15, 0.2) is 30.3 Å². The van der Waals surface area contributed by atoms with Gasteiger partial charge in [-0.15, -0.1) is 12.3 Å². The van der Waals surface area contributed by atoms with Crippen LogP contribution in [0, 0.1) is 35.5 Å². The third-order valence-electron chi connectivity index (χ3n) is 7.99. The highest BCUT2D eigenvalue weighted by molar-refractivity contribution is 6.09. The van der Waals surface area contributed by atoms with E-state index in [1.165, 1.54) is 6.42 Å². The fourth-order valence-corrected chi connectivity index (χ4v) is 5.50. The standard InChI is InChI=1S/C29H33N7O3/c1-3-18-12-14-19(15-13-18)16-36-22-25(32-17(2)20-10-7-11-20)33-27(24(30)39-29(31)38)34-26(22)35-28(36)23(37)21-8-5-4-6-9-21/h1,4-6,8-9,17-20,30H,7,10-16H2,2H3,(H2,31,38)(H,32,33,34)/t17-,18-,19-/m1/s1. The van der Waals surface area contributed by atoms with E-state index in [2.05, 4.69) is 33.1 Å². The van der Waals surface area contributed by atoms with Crippen LogP contribution in [0.1, 0.15) is 73.9 Å². The highest BCUT2D eigenvalue weighted by Crippen LogP contribution is 2.34. The lowest BCUT2D eigenvalue weighted by molar-refractivity contribution is 0.102. The maximum atomic E-state index is 13.7. The summed E-state index contributed by atoms with van der Waals surface area (Å²) in [6.07, 6.45) is 11.8. The fourth-order valence-electron chi connectivity index (χ4n) is 5.50. The Morgan fingerprint density at radius 3 is 2.49 bits per heavy atom. The predicted molar refractivity (Wildman–Crippen MR) is 147 cm³/mol. The summed E-state index contributed by atoms with van der Waals surface area (Å²) in [7, 11) is 0. The number of fused-ring (bicyclic) bond motifs is 1. The van der Waals surface area contributed by atoms with Crippen molar-refractivity contribution in [3.8, 4) is 12.3 Å². The van der Waals surface area contributed by atoms with Crippen molar-refractivity contribution in [2.75, 3.05) is 5.32 Å². The Bertz CT molecular complexity index is 1430. The highest BCUT2D eigenvalue weighted by atomic mass is 16.6. The van der Waals surface area contributed by atoms with Gasteiger partial charge in [0, 0.05) is 24.1 Å². The molecule has 10 nitrogen and oxygen atoms in total. The lowest BCUT2D eigenvalue weighted by atomic mass is 9.80. The van der Waals surface area contributed by atoms with E-state index in [0.717, 1.165) is 38.5 Å². The number of carbonyl (C=O) groups excluding carboxylic acids is 2. The molecule has 5 rings (SSSR count). The minimum absolute atomic E-state index is 0.0960. The summed E-state index contributed by atoms with van der Waals surface area (Å²) in [6.45, 7) is 2.66. The molecule has 0 aliphatic heterocycles. The smallest absolute Gasteiger partial charge is 0.388 e. The van der Waals surface area contributed by atoms with E-state index in [0.29, 0.717) is 35.3 Å². The number of primary amides is 1. The zero-order valence-electron chi connectivity index (χ0n) is 22.0. The van der Waals surface area contributed by atoms with Gasteiger partial charge in [0.2, 0.25) is 11.6 Å². The molecule has 10 heteroatoms. The molecule has 3 aromatic rings. The summed E-state index contributed by atoms with van der Waals surface area (Å²) in [6, 6.07) is 9.10. The topological polar surface area (TPSA) is 149 Å². The number of ketones is 1. The molecule has 0 bridgehead atoms. The quantitative estimate of drug-likeness (QED) is 0.169. The Balaban J connectivity index is 1.63. The Morgan fingerprint density at radius 1 is 1.15 bits per heavy atom. The van der Waals surface area contributed by atoms with Crippen LogP contribution in [0.4, 0.5) is 10.6 Å². The first-order valence-corrected chi connectivity index (χ1v) is 13.5. The molecule has 1 atom stereocenters. The number of terminal acetylenes is 1. The summed E-state index contributed by atoms with van der Waals surface area (Å²) in [5, 5.41) is 11.7. The summed E-state index contributed by atoms with van der Waals surface area (Å²) in [5.41, 5.74) is 6.49. The number of ether oxygens (including phenoxy) is 1. The van der Waals surface area contributed by atoms with Gasteiger partial charge in [-0.2, -0.15) is 0 Å². The van der Waals surface area contributed by atoms with E-state index in [-0.39, 0.29) is 35.0 Å². The number of imidazole rings is 1. The largest absolute Gasteiger partial charge is 0.411 e. The summed E-state index contributed by atoms with van der Waals surface area (Å²) < 4.78 is 6.69. The van der Waals surface area contributed by atoms with Gasteiger partial charge in [-0.3, -0.25) is 10.2 Å². The van der Waals surface area contributed by atoms with Crippen molar-refractivity contribution in [3.05, 3.63) is 47.5 Å². The van der Waals surface area contributed by atoms with Crippen molar-refractivity contribution >= 4 is 34.8 Å². The normalized spacial score (nSPS) is 20.0. The average molecular weight is 528 g/mol. The van der Waals surface area contributed by atoms with E-state index in [1.54, 1.807) is 12.1 Å². The number of nitrogens with one attached hydrogen (secondary N) is 2. The molecule has 0 spiro atoms. The lowest BCUT2D eigenvalue weighted by Crippen LogP contribution is -2.32. The second-order valence-corrected chi connectivity index (χ2v) is 10.6. The number of carbonyl (C=O) groups is 2. The van der Waals surface area contributed by atoms with Crippen molar-refractivity contribution in [3.63, 3.8) is 0 Å². The number of benzene rings is 1. The molecular formula is C29H33N7O3. The van der Waals surface area contributed by atoms with Crippen molar-refractivity contribution in [1.82, 2.24) is 19.5 Å². The van der Waals surface area contributed by atoms with Gasteiger partial charge in [0.1, 0.15) is 5.52 Å². The van der Waals surface area contributed by atoms with Crippen LogP contribution in [0.5, 0.6) is 0 Å². The van der Waals surface area contributed by atoms with Crippen LogP contribution >= 0.6 is 0 Å². The van der Waals surface area contributed by atoms with Crippen LogP contribution in [0.3, 0.4) is 0 Å². The Morgan fingerprint density at radius 2 is 1.87 bits per heavy atom. The van der Waals surface area contributed by atoms with Crippen LogP contribution in [0.25, 0.3) is 11.2 Å². The highest BCUT2D eigenvalue weighted by Gasteiger charge is 2.30. The molecule has 2 aliphatic carbocycles. The molecule has 1 amide bonds. The number of rotatable bonds is 8. The fraction of sp³-hybridized carbons (Fsp3) is 0.448. The summed E-state index contributed by atoms with van der Waals surface area (Å²) >= 11 is 0. The van der Waals surface area contributed by atoms with Gasteiger partial charge in [-0.1, -0.05) is 36.8 Å². The molecule has 202 valence electrons. The van der Waals surface area contributed by atoms with Crippen molar-refractivity contribution in [2.45, 2.75) is 64.5 Å². The van der Waals surface area contributed by atoms with E-state index in [1.807, 2.05) is 22.8 Å². The lowest BCUT2D eigenvalue weighted by Gasteiger charge is -2.32.